The third-order valence-corrected chi connectivity index (χ3v) is 3.01. The van der Waals surface area contributed by atoms with Crippen LogP contribution in [0.3, 0.4) is 0 Å². The maximum absolute atomic E-state index is 11.9. The largest absolute Gasteiger partial charge is 0.471 e. The number of ether oxygens (including phenoxy) is 2. The molecule has 0 N–H and O–H groups in total. The lowest BCUT2D eigenvalue weighted by Gasteiger charge is -2.22. The summed E-state index contributed by atoms with van der Waals surface area (Å²) in [6.45, 7) is 7.54. The van der Waals surface area contributed by atoms with Gasteiger partial charge >= 0.3 is 6.09 Å². The van der Waals surface area contributed by atoms with E-state index in [0.29, 0.717) is 19.8 Å². The Morgan fingerprint density at radius 1 is 1.00 bits per heavy atom. The molecule has 4 nitrogen and oxygen atoms in total. The highest BCUT2D eigenvalue weighted by Crippen LogP contribution is 2.06. The lowest BCUT2D eigenvalue weighted by molar-refractivity contribution is 0.112. The van der Waals surface area contributed by atoms with E-state index in [1.165, 1.54) is 11.3 Å². The summed E-state index contributed by atoms with van der Waals surface area (Å²) >= 11 is 5.11. The molecule has 0 saturated heterocycles. The Bertz CT molecular complexity index is 259. The maximum Gasteiger partial charge on any atom is 0.417 e. The normalized spacial score (nSPS) is 10.1. The summed E-state index contributed by atoms with van der Waals surface area (Å²) in [5, 5.41) is 0.223. The zero-order valence-electron chi connectivity index (χ0n) is 12.4. The first-order valence-electron chi connectivity index (χ1n) is 7.28. The summed E-state index contributed by atoms with van der Waals surface area (Å²) in [6, 6.07) is 0. The van der Waals surface area contributed by atoms with E-state index in [-0.39, 0.29) is 11.3 Å². The van der Waals surface area contributed by atoms with Gasteiger partial charge in [-0.1, -0.05) is 39.5 Å². The summed E-state index contributed by atoms with van der Waals surface area (Å²) in [6.07, 6.45) is 5.82. The molecule has 5 heteroatoms. The highest BCUT2D eigenvalue weighted by Gasteiger charge is 2.20. The van der Waals surface area contributed by atoms with Crippen LogP contribution in [0.4, 0.5) is 4.79 Å². The van der Waals surface area contributed by atoms with Crippen molar-refractivity contribution in [3.05, 3.63) is 0 Å². The second-order valence-electron chi connectivity index (χ2n) is 4.38. The van der Waals surface area contributed by atoms with Crippen LogP contribution in [0.25, 0.3) is 0 Å². The van der Waals surface area contributed by atoms with Crippen molar-refractivity contribution >= 4 is 23.5 Å². The third kappa shape index (κ3) is 8.81. The molecular weight excluding hydrogens is 262 g/mol. The van der Waals surface area contributed by atoms with Gasteiger partial charge in [0.15, 0.2) is 0 Å². The summed E-state index contributed by atoms with van der Waals surface area (Å²) in [5.41, 5.74) is 0. The van der Waals surface area contributed by atoms with Gasteiger partial charge in [0.25, 0.3) is 5.17 Å². The Balaban J connectivity index is 4.22. The minimum Gasteiger partial charge on any atom is -0.471 e. The molecule has 0 aliphatic rings. The zero-order chi connectivity index (χ0) is 14.5. The molecule has 0 aliphatic carbocycles. The molecule has 112 valence electrons. The Hall–Kier alpha value is -0.840. The number of carbonyl (C=O) groups excluding carboxylic acids is 1. The Kier molecular flexibility index (Phi) is 11.7. The fourth-order valence-corrected chi connectivity index (χ4v) is 1.82. The summed E-state index contributed by atoms with van der Waals surface area (Å²) in [5.74, 6) is 0. The first-order valence-corrected chi connectivity index (χ1v) is 7.69. The van der Waals surface area contributed by atoms with Crippen molar-refractivity contribution in [1.29, 1.82) is 0 Å². The van der Waals surface area contributed by atoms with Crippen LogP contribution in [0, 0.1) is 0 Å². The van der Waals surface area contributed by atoms with Gasteiger partial charge in [-0.15, -0.1) is 0 Å². The van der Waals surface area contributed by atoms with Crippen LogP contribution in [0.5, 0.6) is 0 Å². The van der Waals surface area contributed by atoms with E-state index in [4.69, 9.17) is 21.7 Å². The van der Waals surface area contributed by atoms with Crippen LogP contribution >= 0.6 is 12.2 Å². The number of carbonyl (C=O) groups is 1. The lowest BCUT2D eigenvalue weighted by atomic mass is 10.2. The summed E-state index contributed by atoms with van der Waals surface area (Å²) in [4.78, 5) is 13.4. The Labute approximate surface area is 122 Å². The van der Waals surface area contributed by atoms with Gasteiger partial charge in [-0.25, -0.2) is 9.69 Å². The monoisotopic (exact) mass is 289 g/mol. The van der Waals surface area contributed by atoms with E-state index in [1.807, 2.05) is 6.92 Å². The Morgan fingerprint density at radius 3 is 2.26 bits per heavy atom. The van der Waals surface area contributed by atoms with Gasteiger partial charge < -0.3 is 9.47 Å². The molecule has 0 spiro atoms. The van der Waals surface area contributed by atoms with Gasteiger partial charge in [0.1, 0.15) is 0 Å². The van der Waals surface area contributed by atoms with Crippen molar-refractivity contribution < 1.29 is 14.3 Å². The quantitative estimate of drug-likeness (QED) is 0.472. The van der Waals surface area contributed by atoms with Crippen LogP contribution < -0.4 is 0 Å². The molecular formula is C14H27NO3S. The standard InChI is InChI=1S/C14H27NO3S/c1-4-7-9-10-11-15(14(19)17-6-3)13(16)18-12-8-5-2/h4-12H2,1-3H3. The van der Waals surface area contributed by atoms with Crippen molar-refractivity contribution in [1.82, 2.24) is 4.90 Å². The molecule has 0 bridgehead atoms. The van der Waals surface area contributed by atoms with Gasteiger partial charge in [-0.3, -0.25) is 0 Å². The fourth-order valence-electron chi connectivity index (χ4n) is 1.54. The SMILES string of the molecule is CCCCCCN(C(=O)OCCCC)C(=S)OCC. The third-order valence-electron chi connectivity index (χ3n) is 2.67. The predicted molar refractivity (Wildman–Crippen MR) is 81.3 cm³/mol. The molecule has 0 aromatic heterocycles. The van der Waals surface area contributed by atoms with Gasteiger partial charge in [-0.05, 0) is 32.0 Å². The topological polar surface area (TPSA) is 38.8 Å². The first kappa shape index (κ1) is 18.2. The van der Waals surface area contributed by atoms with Crippen molar-refractivity contribution in [2.45, 2.75) is 59.3 Å². The van der Waals surface area contributed by atoms with Crippen LogP contribution in [0.2, 0.25) is 0 Å². The number of hydrogen-bond acceptors (Lipinski definition) is 4. The highest BCUT2D eigenvalue weighted by molar-refractivity contribution is 7.80. The van der Waals surface area contributed by atoms with E-state index in [2.05, 4.69) is 13.8 Å². The van der Waals surface area contributed by atoms with Gasteiger partial charge in [-0.2, -0.15) is 0 Å². The van der Waals surface area contributed by atoms with Crippen LogP contribution in [-0.2, 0) is 9.47 Å². The van der Waals surface area contributed by atoms with E-state index in [1.54, 1.807) is 0 Å². The maximum atomic E-state index is 11.9. The van der Waals surface area contributed by atoms with Crippen LogP contribution in [0.15, 0.2) is 0 Å². The van der Waals surface area contributed by atoms with Crippen LogP contribution in [-0.4, -0.2) is 35.9 Å². The first-order chi connectivity index (χ1) is 9.17. The van der Waals surface area contributed by atoms with E-state index in [9.17, 15) is 4.79 Å². The molecule has 0 radical (unpaired) electrons. The van der Waals surface area contributed by atoms with Gasteiger partial charge in [0.2, 0.25) is 0 Å². The zero-order valence-corrected chi connectivity index (χ0v) is 13.3. The molecule has 0 heterocycles. The number of hydrogen-bond donors (Lipinski definition) is 0. The molecule has 0 aromatic rings. The molecule has 0 unspecified atom stereocenters. The van der Waals surface area contributed by atoms with Crippen molar-refractivity contribution in [3.8, 4) is 0 Å². The Morgan fingerprint density at radius 2 is 1.68 bits per heavy atom. The number of amides is 1. The minimum absolute atomic E-state index is 0.223. The second-order valence-corrected chi connectivity index (χ2v) is 4.73. The molecule has 0 aromatic carbocycles. The average molecular weight is 289 g/mol. The average Bonchev–Trinajstić information content (AvgIpc) is 2.39. The number of unbranched alkanes of at least 4 members (excludes halogenated alkanes) is 4. The number of nitrogens with zero attached hydrogens (tertiary/aromatic N) is 1. The van der Waals surface area contributed by atoms with Gasteiger partial charge in [0.05, 0.1) is 13.2 Å². The summed E-state index contributed by atoms with van der Waals surface area (Å²) in [7, 11) is 0. The molecule has 0 atom stereocenters. The molecule has 0 rings (SSSR count). The highest BCUT2D eigenvalue weighted by atomic mass is 32.1. The van der Waals surface area contributed by atoms with E-state index < -0.39 is 0 Å². The smallest absolute Gasteiger partial charge is 0.417 e. The van der Waals surface area contributed by atoms with Crippen molar-refractivity contribution in [2.24, 2.45) is 0 Å². The predicted octanol–water partition coefficient (Wildman–Crippen LogP) is 4.13. The second kappa shape index (κ2) is 12.2. The van der Waals surface area contributed by atoms with Gasteiger partial charge in [0, 0.05) is 6.54 Å². The number of thiocarbonyl (C=S) groups is 1. The van der Waals surface area contributed by atoms with E-state index in [0.717, 1.165) is 32.1 Å². The molecule has 0 saturated carbocycles. The fraction of sp³-hybridized carbons (Fsp3) is 0.857. The summed E-state index contributed by atoms with van der Waals surface area (Å²) < 4.78 is 10.4. The lowest BCUT2D eigenvalue weighted by Crippen LogP contribution is -2.38. The van der Waals surface area contributed by atoms with Crippen molar-refractivity contribution in [2.75, 3.05) is 19.8 Å². The molecule has 1 amide bonds. The molecule has 0 fully saturated rings. The molecule has 0 aliphatic heterocycles. The van der Waals surface area contributed by atoms with E-state index >= 15 is 0 Å². The number of rotatable bonds is 9. The van der Waals surface area contributed by atoms with Crippen LogP contribution in [0.1, 0.15) is 59.3 Å². The molecule has 19 heavy (non-hydrogen) atoms. The van der Waals surface area contributed by atoms with Crippen molar-refractivity contribution in [3.63, 3.8) is 0 Å². The minimum atomic E-state index is -0.386.